The molecule has 6 heteroatoms. The summed E-state index contributed by atoms with van der Waals surface area (Å²) in [6.07, 6.45) is 3.50. The molecule has 5 nitrogen and oxygen atoms in total. The zero-order valence-electron chi connectivity index (χ0n) is 20.1. The number of nitrogens with zero attached hydrogens (tertiary/aromatic N) is 2. The van der Waals surface area contributed by atoms with Crippen LogP contribution in [0.4, 0.5) is 5.69 Å². The predicted octanol–water partition coefficient (Wildman–Crippen LogP) is 5.52. The summed E-state index contributed by atoms with van der Waals surface area (Å²) in [6, 6.07) is 21.7. The Kier molecular flexibility index (Phi) is 7.21. The van der Waals surface area contributed by atoms with Gasteiger partial charge in [-0.05, 0) is 81.7 Å². The molecule has 3 aromatic rings. The van der Waals surface area contributed by atoms with Gasteiger partial charge in [-0.3, -0.25) is 9.59 Å². The molecule has 2 aliphatic heterocycles. The normalized spacial score (nSPS) is 15.5. The first kappa shape index (κ1) is 23.6. The molecule has 2 amide bonds. The molecule has 0 atom stereocenters. The summed E-state index contributed by atoms with van der Waals surface area (Å²) in [5.41, 5.74) is 4.28. The molecule has 5 rings (SSSR count). The number of rotatable bonds is 7. The van der Waals surface area contributed by atoms with E-state index in [1.165, 1.54) is 31.5 Å². The molecule has 0 aliphatic carbocycles. The molecule has 1 N–H and O–H groups in total. The summed E-state index contributed by atoms with van der Waals surface area (Å²) in [5.74, 6) is -0.140. The van der Waals surface area contributed by atoms with Gasteiger partial charge in [-0.15, -0.1) is 0 Å². The van der Waals surface area contributed by atoms with Crippen LogP contribution < -0.4 is 10.2 Å². The van der Waals surface area contributed by atoms with E-state index in [1.807, 2.05) is 47.4 Å². The van der Waals surface area contributed by atoms with Crippen LogP contribution in [0.2, 0.25) is 0 Å². The van der Waals surface area contributed by atoms with E-state index in [4.69, 9.17) is 0 Å². The van der Waals surface area contributed by atoms with Crippen molar-refractivity contribution >= 4 is 29.3 Å². The third-order valence-electron chi connectivity index (χ3n) is 6.69. The fraction of sp³-hybridized carbons (Fsp3) is 0.310. The fourth-order valence-electron chi connectivity index (χ4n) is 4.71. The first-order valence-electron chi connectivity index (χ1n) is 12.4. The Morgan fingerprint density at radius 3 is 2.54 bits per heavy atom. The summed E-state index contributed by atoms with van der Waals surface area (Å²) in [5, 5.41) is 3.07. The highest BCUT2D eigenvalue weighted by Crippen LogP contribution is 2.42. The van der Waals surface area contributed by atoms with E-state index in [1.54, 1.807) is 11.8 Å². The lowest BCUT2D eigenvalue weighted by molar-refractivity contribution is 0.0948. The van der Waals surface area contributed by atoms with Crippen LogP contribution in [0.15, 0.2) is 76.5 Å². The molecule has 180 valence electrons. The number of anilines is 1. The van der Waals surface area contributed by atoms with Gasteiger partial charge in [-0.1, -0.05) is 53.7 Å². The Balaban J connectivity index is 1.39. The van der Waals surface area contributed by atoms with E-state index >= 15 is 0 Å². The summed E-state index contributed by atoms with van der Waals surface area (Å²) < 4.78 is 0. The van der Waals surface area contributed by atoms with Gasteiger partial charge >= 0.3 is 0 Å². The first-order chi connectivity index (χ1) is 17.1. The number of hydrogen-bond donors (Lipinski definition) is 1. The van der Waals surface area contributed by atoms with Crippen LogP contribution in [0.1, 0.15) is 51.1 Å². The van der Waals surface area contributed by atoms with Gasteiger partial charge in [-0.2, -0.15) is 0 Å². The van der Waals surface area contributed by atoms with Crippen molar-refractivity contribution in [2.24, 2.45) is 0 Å². The van der Waals surface area contributed by atoms with Gasteiger partial charge in [0, 0.05) is 21.9 Å². The zero-order valence-corrected chi connectivity index (χ0v) is 20.9. The maximum Gasteiger partial charge on any atom is 0.259 e. The largest absolute Gasteiger partial charge is 0.352 e. The Labute approximate surface area is 211 Å². The summed E-state index contributed by atoms with van der Waals surface area (Å²) in [4.78, 5) is 32.8. The second kappa shape index (κ2) is 10.7. The van der Waals surface area contributed by atoms with Crippen molar-refractivity contribution < 1.29 is 9.59 Å². The van der Waals surface area contributed by atoms with Crippen molar-refractivity contribution in [1.29, 1.82) is 0 Å². The molecule has 0 aromatic heterocycles. The molecular weight excluding hydrogens is 454 g/mol. The van der Waals surface area contributed by atoms with Gasteiger partial charge < -0.3 is 15.1 Å². The van der Waals surface area contributed by atoms with Crippen LogP contribution in [0, 0.1) is 6.92 Å². The number of hydrogen-bond acceptors (Lipinski definition) is 4. The van der Waals surface area contributed by atoms with Crippen molar-refractivity contribution in [3.8, 4) is 0 Å². The van der Waals surface area contributed by atoms with E-state index in [-0.39, 0.29) is 11.8 Å². The molecule has 1 saturated heterocycles. The monoisotopic (exact) mass is 485 g/mol. The lowest BCUT2D eigenvalue weighted by Gasteiger charge is -2.24. The van der Waals surface area contributed by atoms with Gasteiger partial charge in [0.1, 0.15) is 0 Å². The standard InChI is InChI=1S/C29H31N3O2S/c1-21-9-11-22(12-10-21)20-32-25-19-23(28(33)30-15-6-18-31-16-4-5-17-31)13-14-27(25)35-26-8-3-2-7-24(26)29(32)34/h2-3,7-14,19H,4-6,15-18,20H2,1H3,(H,30,33). The van der Waals surface area contributed by atoms with E-state index in [0.29, 0.717) is 24.2 Å². The third kappa shape index (κ3) is 5.44. The van der Waals surface area contributed by atoms with Gasteiger partial charge in [0.15, 0.2) is 0 Å². The predicted molar refractivity (Wildman–Crippen MR) is 141 cm³/mol. The Hall–Kier alpha value is -3.09. The van der Waals surface area contributed by atoms with Gasteiger partial charge in [0.05, 0.1) is 17.8 Å². The number of likely N-dealkylation sites (tertiary alicyclic amines) is 1. The molecule has 0 radical (unpaired) electrons. The Morgan fingerprint density at radius 1 is 0.971 bits per heavy atom. The average Bonchev–Trinajstić information content (AvgIpc) is 3.36. The number of aryl methyl sites for hydroxylation is 1. The number of benzene rings is 3. The number of carbonyl (C=O) groups is 2. The second-order valence-electron chi connectivity index (χ2n) is 9.32. The van der Waals surface area contributed by atoms with Crippen molar-refractivity contribution in [3.05, 3.63) is 89.0 Å². The molecule has 1 fully saturated rings. The van der Waals surface area contributed by atoms with Crippen molar-refractivity contribution in [3.63, 3.8) is 0 Å². The SMILES string of the molecule is Cc1ccc(CN2C(=O)c3ccccc3Sc3ccc(C(=O)NCCCN4CCCC4)cc32)cc1. The van der Waals surface area contributed by atoms with Crippen LogP contribution in [-0.4, -0.2) is 42.9 Å². The van der Waals surface area contributed by atoms with Crippen LogP contribution in [-0.2, 0) is 6.54 Å². The molecule has 0 bridgehead atoms. The number of amides is 2. The van der Waals surface area contributed by atoms with E-state index in [9.17, 15) is 9.59 Å². The second-order valence-corrected chi connectivity index (χ2v) is 10.4. The van der Waals surface area contributed by atoms with E-state index in [2.05, 4.69) is 41.4 Å². The fourth-order valence-corrected chi connectivity index (χ4v) is 5.77. The summed E-state index contributed by atoms with van der Waals surface area (Å²) in [6.45, 7) is 6.52. The van der Waals surface area contributed by atoms with Crippen LogP contribution in [0.3, 0.4) is 0 Å². The molecule has 2 aliphatic rings. The van der Waals surface area contributed by atoms with Crippen LogP contribution in [0.5, 0.6) is 0 Å². The van der Waals surface area contributed by atoms with Crippen LogP contribution in [0.25, 0.3) is 0 Å². The highest BCUT2D eigenvalue weighted by molar-refractivity contribution is 7.99. The maximum atomic E-state index is 13.7. The highest BCUT2D eigenvalue weighted by atomic mass is 32.2. The van der Waals surface area contributed by atoms with Crippen molar-refractivity contribution in [1.82, 2.24) is 10.2 Å². The number of fused-ring (bicyclic) bond motifs is 2. The Morgan fingerprint density at radius 2 is 1.74 bits per heavy atom. The lowest BCUT2D eigenvalue weighted by Crippen LogP contribution is -2.31. The van der Waals surface area contributed by atoms with Gasteiger partial charge in [-0.25, -0.2) is 0 Å². The quantitative estimate of drug-likeness (QED) is 0.448. The lowest BCUT2D eigenvalue weighted by atomic mass is 10.1. The average molecular weight is 486 g/mol. The molecular formula is C29H31N3O2S. The minimum Gasteiger partial charge on any atom is -0.352 e. The summed E-state index contributed by atoms with van der Waals surface area (Å²) >= 11 is 1.58. The third-order valence-corrected chi connectivity index (χ3v) is 7.83. The van der Waals surface area contributed by atoms with E-state index in [0.717, 1.165) is 34.0 Å². The topological polar surface area (TPSA) is 52.7 Å². The highest BCUT2D eigenvalue weighted by Gasteiger charge is 2.28. The minimum atomic E-state index is -0.0938. The minimum absolute atomic E-state index is 0.0457. The summed E-state index contributed by atoms with van der Waals surface area (Å²) in [7, 11) is 0. The first-order valence-corrected chi connectivity index (χ1v) is 13.2. The zero-order chi connectivity index (χ0) is 24.2. The number of nitrogens with one attached hydrogen (secondary N) is 1. The van der Waals surface area contributed by atoms with Gasteiger partial charge in [0.2, 0.25) is 0 Å². The molecule has 0 spiro atoms. The number of carbonyl (C=O) groups excluding carboxylic acids is 2. The maximum absolute atomic E-state index is 13.7. The molecule has 0 unspecified atom stereocenters. The van der Waals surface area contributed by atoms with E-state index < -0.39 is 0 Å². The molecule has 3 aromatic carbocycles. The van der Waals surface area contributed by atoms with Crippen molar-refractivity contribution in [2.75, 3.05) is 31.1 Å². The van der Waals surface area contributed by atoms with Crippen molar-refractivity contribution in [2.45, 2.75) is 42.5 Å². The molecule has 0 saturated carbocycles. The molecule has 2 heterocycles. The van der Waals surface area contributed by atoms with Crippen LogP contribution >= 0.6 is 11.8 Å². The Bertz CT molecular complexity index is 1220. The molecule has 35 heavy (non-hydrogen) atoms. The van der Waals surface area contributed by atoms with Gasteiger partial charge in [0.25, 0.3) is 11.8 Å². The smallest absolute Gasteiger partial charge is 0.259 e.